The van der Waals surface area contributed by atoms with Gasteiger partial charge in [0.25, 0.3) is 0 Å². The van der Waals surface area contributed by atoms with Gasteiger partial charge in [0.1, 0.15) is 5.82 Å². The highest BCUT2D eigenvalue weighted by molar-refractivity contribution is 7.89. The van der Waals surface area contributed by atoms with E-state index in [9.17, 15) is 12.8 Å². The number of hydrogen-bond acceptors (Lipinski definition) is 3. The molecule has 1 heterocycles. The Hall–Kier alpha value is -3.01. The lowest BCUT2D eigenvalue weighted by Crippen LogP contribution is -2.48. The molecule has 0 saturated carbocycles. The van der Waals surface area contributed by atoms with Gasteiger partial charge in [-0.3, -0.25) is 0 Å². The Labute approximate surface area is 189 Å². The van der Waals surface area contributed by atoms with Gasteiger partial charge in [-0.2, -0.15) is 9.57 Å². The first-order valence-corrected chi connectivity index (χ1v) is 12.2. The smallest absolute Gasteiger partial charge is 0.212 e. The summed E-state index contributed by atoms with van der Waals surface area (Å²) in [4.78, 5) is 0. The van der Waals surface area contributed by atoms with E-state index < -0.39 is 21.1 Å². The van der Waals surface area contributed by atoms with Crippen LogP contribution < -0.4 is 0 Å². The Kier molecular flexibility index (Phi) is 6.40. The minimum Gasteiger partial charge on any atom is -0.212 e. The van der Waals surface area contributed by atoms with E-state index in [2.05, 4.69) is 6.07 Å². The molecule has 32 heavy (non-hydrogen) atoms. The van der Waals surface area contributed by atoms with Crippen molar-refractivity contribution in [3.63, 3.8) is 0 Å². The second-order valence-electron chi connectivity index (χ2n) is 8.32. The van der Waals surface area contributed by atoms with Crippen LogP contribution in [-0.2, 0) is 23.0 Å². The second kappa shape index (κ2) is 9.23. The number of benzene rings is 3. The van der Waals surface area contributed by atoms with Crippen molar-refractivity contribution in [1.29, 1.82) is 5.26 Å². The summed E-state index contributed by atoms with van der Waals surface area (Å²) in [6.45, 7) is 1.91. The Balaban J connectivity index is 1.55. The summed E-state index contributed by atoms with van der Waals surface area (Å²) in [5.74, 6) is -0.431. The molecule has 0 radical (unpaired) electrons. The molecule has 4 rings (SSSR count). The normalized spacial score (nSPS) is 20.5. The first kappa shape index (κ1) is 22.2. The van der Waals surface area contributed by atoms with Gasteiger partial charge in [-0.1, -0.05) is 54.6 Å². The fourth-order valence-electron chi connectivity index (χ4n) is 4.25. The highest BCUT2D eigenvalue weighted by Gasteiger charge is 2.39. The summed E-state index contributed by atoms with van der Waals surface area (Å²) in [7, 11) is -3.56. The van der Waals surface area contributed by atoms with Crippen LogP contribution in [0.25, 0.3) is 11.1 Å². The van der Waals surface area contributed by atoms with Gasteiger partial charge in [0, 0.05) is 18.2 Å². The maximum Gasteiger partial charge on any atom is 0.217 e. The fourth-order valence-corrected chi connectivity index (χ4v) is 6.40. The minimum atomic E-state index is -3.56. The van der Waals surface area contributed by atoms with Crippen LogP contribution >= 0.6 is 0 Å². The molecule has 0 aliphatic carbocycles. The quantitative estimate of drug-likeness (QED) is 0.533. The predicted molar refractivity (Wildman–Crippen MR) is 124 cm³/mol. The van der Waals surface area contributed by atoms with Gasteiger partial charge in [-0.05, 0) is 61.1 Å². The van der Waals surface area contributed by atoms with Crippen molar-refractivity contribution in [2.45, 2.75) is 44.0 Å². The monoisotopic (exact) mass is 448 g/mol. The number of nitriles is 1. The van der Waals surface area contributed by atoms with Crippen molar-refractivity contribution in [2.75, 3.05) is 0 Å². The zero-order valence-corrected chi connectivity index (χ0v) is 18.7. The summed E-state index contributed by atoms with van der Waals surface area (Å²) in [6, 6.07) is 23.3. The minimum absolute atomic E-state index is 0.0221. The van der Waals surface area contributed by atoms with Gasteiger partial charge in [-0.25, -0.2) is 12.8 Å². The Bertz CT molecular complexity index is 1240. The first-order valence-electron chi connectivity index (χ1n) is 10.7. The maximum absolute atomic E-state index is 15.0. The predicted octanol–water partition coefficient (Wildman–Crippen LogP) is 5.29. The second-order valence-corrected chi connectivity index (χ2v) is 10.5. The summed E-state index contributed by atoms with van der Waals surface area (Å²) >= 11 is 0. The van der Waals surface area contributed by atoms with E-state index in [-0.39, 0.29) is 12.6 Å². The topological polar surface area (TPSA) is 61.2 Å². The standard InChI is InChI=1S/C26H25FN2O2S/c1-19-7-14-25(15-20-5-3-2-4-6-20)32(30,31)29(19)18-24-13-12-23(16-26(24)27)22-10-8-21(17-28)9-11-22/h2-6,8-13,16,19,25H,7,14-15,18H2,1H3/t19-,25?/m0/s1. The zero-order chi connectivity index (χ0) is 22.7. The van der Waals surface area contributed by atoms with E-state index in [1.807, 2.05) is 37.3 Å². The largest absolute Gasteiger partial charge is 0.217 e. The lowest BCUT2D eigenvalue weighted by molar-refractivity contribution is 0.278. The molecule has 164 valence electrons. The van der Waals surface area contributed by atoms with E-state index in [1.54, 1.807) is 36.4 Å². The van der Waals surface area contributed by atoms with Crippen molar-refractivity contribution in [2.24, 2.45) is 0 Å². The van der Waals surface area contributed by atoms with Gasteiger partial charge in [0.2, 0.25) is 10.0 Å². The van der Waals surface area contributed by atoms with Gasteiger partial charge in [-0.15, -0.1) is 0 Å². The molecule has 6 heteroatoms. The highest BCUT2D eigenvalue weighted by Crippen LogP contribution is 2.31. The number of nitrogens with zero attached hydrogens (tertiary/aromatic N) is 2. The SMILES string of the molecule is C[C@H]1CCC(Cc2ccccc2)S(=O)(=O)N1Cc1ccc(-c2ccc(C#N)cc2)cc1F. The van der Waals surface area contributed by atoms with Crippen LogP contribution in [0.15, 0.2) is 72.8 Å². The molecule has 1 fully saturated rings. The number of halogens is 1. The first-order chi connectivity index (χ1) is 15.4. The van der Waals surface area contributed by atoms with Gasteiger partial charge < -0.3 is 0 Å². The molecule has 1 saturated heterocycles. The summed E-state index contributed by atoms with van der Waals surface area (Å²) in [5, 5.41) is 8.44. The van der Waals surface area contributed by atoms with Crippen LogP contribution in [-0.4, -0.2) is 24.0 Å². The molecule has 0 spiro atoms. The fraction of sp³-hybridized carbons (Fsp3) is 0.269. The van der Waals surface area contributed by atoms with Gasteiger partial charge in [0.15, 0.2) is 0 Å². The van der Waals surface area contributed by atoms with E-state index in [4.69, 9.17) is 5.26 Å². The number of hydrogen-bond donors (Lipinski definition) is 0. The summed E-state index contributed by atoms with van der Waals surface area (Å²) < 4.78 is 43.2. The van der Waals surface area contributed by atoms with Crippen LogP contribution in [0.5, 0.6) is 0 Å². The van der Waals surface area contributed by atoms with Crippen LogP contribution in [0.4, 0.5) is 4.39 Å². The third-order valence-electron chi connectivity index (χ3n) is 6.18. The molecular formula is C26H25FN2O2S. The molecule has 0 aromatic heterocycles. The molecule has 1 aliphatic rings. The van der Waals surface area contributed by atoms with E-state index in [0.29, 0.717) is 29.5 Å². The average Bonchev–Trinajstić information content (AvgIpc) is 2.80. The van der Waals surface area contributed by atoms with Crippen molar-refractivity contribution in [3.8, 4) is 17.2 Å². The maximum atomic E-state index is 15.0. The average molecular weight is 449 g/mol. The van der Waals surface area contributed by atoms with Crippen molar-refractivity contribution < 1.29 is 12.8 Å². The molecule has 3 aromatic rings. The Morgan fingerprint density at radius 1 is 1.00 bits per heavy atom. The van der Waals surface area contributed by atoms with E-state index in [0.717, 1.165) is 17.5 Å². The van der Waals surface area contributed by atoms with Crippen LogP contribution in [0.2, 0.25) is 0 Å². The highest BCUT2D eigenvalue weighted by atomic mass is 32.2. The molecule has 0 N–H and O–H groups in total. The van der Waals surface area contributed by atoms with Crippen molar-refractivity contribution in [3.05, 3.63) is 95.3 Å². The molecule has 0 amide bonds. The molecule has 0 bridgehead atoms. The van der Waals surface area contributed by atoms with Crippen LogP contribution in [0.1, 0.15) is 36.5 Å². The molecule has 3 aromatic carbocycles. The Morgan fingerprint density at radius 2 is 1.69 bits per heavy atom. The molecule has 1 unspecified atom stereocenters. The van der Waals surface area contributed by atoms with Gasteiger partial charge in [0.05, 0.1) is 16.9 Å². The third kappa shape index (κ3) is 4.59. The van der Waals surface area contributed by atoms with Crippen LogP contribution in [0, 0.1) is 17.1 Å². The van der Waals surface area contributed by atoms with Crippen molar-refractivity contribution in [1.82, 2.24) is 4.31 Å². The zero-order valence-electron chi connectivity index (χ0n) is 17.9. The molecule has 1 aliphatic heterocycles. The lowest BCUT2D eigenvalue weighted by atomic mass is 10.0. The number of rotatable bonds is 5. The number of sulfonamides is 1. The van der Waals surface area contributed by atoms with E-state index >= 15 is 0 Å². The van der Waals surface area contributed by atoms with Crippen molar-refractivity contribution >= 4 is 10.0 Å². The summed E-state index contributed by atoms with van der Waals surface area (Å²) in [5.41, 5.74) is 3.38. The third-order valence-corrected chi connectivity index (χ3v) is 8.57. The molecular weight excluding hydrogens is 423 g/mol. The van der Waals surface area contributed by atoms with Crippen LogP contribution in [0.3, 0.4) is 0 Å². The molecule has 2 atom stereocenters. The Morgan fingerprint density at radius 3 is 2.34 bits per heavy atom. The summed E-state index contributed by atoms with van der Waals surface area (Å²) in [6.07, 6.45) is 1.82. The molecule has 4 nitrogen and oxygen atoms in total. The lowest BCUT2D eigenvalue weighted by Gasteiger charge is -2.37. The van der Waals surface area contributed by atoms with Gasteiger partial charge >= 0.3 is 0 Å². The van der Waals surface area contributed by atoms with E-state index in [1.165, 1.54) is 10.4 Å².